The van der Waals surface area contributed by atoms with Crippen LogP contribution in [0.2, 0.25) is 0 Å². The molecule has 0 saturated heterocycles. The second-order valence-corrected chi connectivity index (χ2v) is 5.89. The van der Waals surface area contributed by atoms with Crippen LogP contribution in [0, 0.1) is 0 Å². The molecule has 1 amide bonds. The Morgan fingerprint density at radius 1 is 1.43 bits per heavy atom. The molecule has 0 atom stereocenters. The third-order valence-corrected chi connectivity index (χ3v) is 3.72. The van der Waals surface area contributed by atoms with Crippen LogP contribution in [0.5, 0.6) is 0 Å². The molecule has 4 nitrogen and oxygen atoms in total. The lowest BCUT2D eigenvalue weighted by Gasteiger charge is -2.22. The zero-order valence-electron chi connectivity index (χ0n) is 11.1. The first-order valence-corrected chi connectivity index (χ1v) is 7.19. The largest absolute Gasteiger partial charge is 0.401 e. The molecule has 0 spiro atoms. The van der Waals surface area contributed by atoms with Crippen molar-refractivity contribution in [2.24, 2.45) is 0 Å². The van der Waals surface area contributed by atoms with Crippen molar-refractivity contribution in [3.8, 4) is 0 Å². The van der Waals surface area contributed by atoms with Crippen molar-refractivity contribution in [1.82, 2.24) is 4.90 Å². The van der Waals surface area contributed by atoms with Gasteiger partial charge in [-0.3, -0.25) is 9.69 Å². The summed E-state index contributed by atoms with van der Waals surface area (Å²) < 4.78 is 38.0. The summed E-state index contributed by atoms with van der Waals surface area (Å²) in [7, 11) is 0. The Morgan fingerprint density at radius 2 is 2.10 bits per heavy atom. The standard InChI is InChI=1S/C13H15BrF3N3O/c14-10-5-8(18)1-4-11(10)19-12(21)6-20(9-2-3-9)7-13(15,16)17/h1,4-5,9H,2-3,6-7,18H2,(H,19,21). The van der Waals surface area contributed by atoms with E-state index >= 15 is 0 Å². The smallest absolute Gasteiger partial charge is 0.399 e. The van der Waals surface area contributed by atoms with Gasteiger partial charge in [0.2, 0.25) is 5.91 Å². The molecule has 0 heterocycles. The Hall–Kier alpha value is -1.28. The number of alkyl halides is 3. The molecule has 21 heavy (non-hydrogen) atoms. The highest BCUT2D eigenvalue weighted by molar-refractivity contribution is 9.10. The van der Waals surface area contributed by atoms with E-state index in [2.05, 4.69) is 21.2 Å². The van der Waals surface area contributed by atoms with Gasteiger partial charge in [0.05, 0.1) is 18.8 Å². The quantitative estimate of drug-likeness (QED) is 0.788. The number of nitrogens with zero attached hydrogens (tertiary/aromatic N) is 1. The van der Waals surface area contributed by atoms with Gasteiger partial charge in [0.1, 0.15) is 0 Å². The van der Waals surface area contributed by atoms with Crippen LogP contribution in [0.1, 0.15) is 12.8 Å². The molecular weight excluding hydrogens is 351 g/mol. The number of hydrogen-bond donors (Lipinski definition) is 2. The maximum atomic E-state index is 12.5. The van der Waals surface area contributed by atoms with E-state index in [1.54, 1.807) is 18.2 Å². The van der Waals surface area contributed by atoms with Gasteiger partial charge in [0, 0.05) is 16.2 Å². The van der Waals surface area contributed by atoms with Crippen molar-refractivity contribution in [1.29, 1.82) is 0 Å². The predicted molar refractivity (Wildman–Crippen MR) is 77.8 cm³/mol. The van der Waals surface area contributed by atoms with Crippen molar-refractivity contribution in [3.63, 3.8) is 0 Å². The normalized spacial score (nSPS) is 15.3. The van der Waals surface area contributed by atoms with Crippen LogP contribution >= 0.6 is 15.9 Å². The Balaban J connectivity index is 1.96. The molecule has 1 aliphatic carbocycles. The molecule has 2 rings (SSSR count). The monoisotopic (exact) mass is 365 g/mol. The molecule has 0 radical (unpaired) electrons. The highest BCUT2D eigenvalue weighted by Gasteiger charge is 2.38. The second kappa shape index (κ2) is 6.23. The van der Waals surface area contributed by atoms with Crippen molar-refractivity contribution >= 4 is 33.2 Å². The number of benzene rings is 1. The molecule has 0 unspecified atom stereocenters. The van der Waals surface area contributed by atoms with Gasteiger partial charge in [0.15, 0.2) is 0 Å². The number of amides is 1. The Bertz CT molecular complexity index is 532. The Morgan fingerprint density at radius 3 is 2.62 bits per heavy atom. The molecule has 1 aromatic carbocycles. The molecule has 1 aliphatic rings. The van der Waals surface area contributed by atoms with E-state index in [0.717, 1.165) is 0 Å². The van der Waals surface area contributed by atoms with E-state index in [4.69, 9.17) is 5.73 Å². The van der Waals surface area contributed by atoms with Crippen LogP contribution in [-0.2, 0) is 4.79 Å². The SMILES string of the molecule is Nc1ccc(NC(=O)CN(CC(F)(F)F)C2CC2)c(Br)c1. The number of nitrogens with one attached hydrogen (secondary N) is 1. The highest BCUT2D eigenvalue weighted by atomic mass is 79.9. The summed E-state index contributed by atoms with van der Waals surface area (Å²) in [5.74, 6) is -0.475. The first-order valence-electron chi connectivity index (χ1n) is 6.40. The summed E-state index contributed by atoms with van der Waals surface area (Å²) in [6.07, 6.45) is -2.89. The molecule has 1 saturated carbocycles. The number of nitrogen functional groups attached to an aromatic ring is 1. The zero-order valence-corrected chi connectivity index (χ0v) is 12.7. The van der Waals surface area contributed by atoms with Crippen molar-refractivity contribution in [2.75, 3.05) is 24.1 Å². The molecule has 1 aromatic rings. The topological polar surface area (TPSA) is 58.4 Å². The number of carbonyl (C=O) groups excluding carboxylic acids is 1. The molecule has 0 aliphatic heterocycles. The van der Waals surface area contributed by atoms with E-state index < -0.39 is 18.6 Å². The minimum absolute atomic E-state index is 0.146. The fourth-order valence-corrected chi connectivity index (χ4v) is 2.49. The van der Waals surface area contributed by atoms with Crippen LogP contribution < -0.4 is 11.1 Å². The van der Waals surface area contributed by atoms with E-state index in [-0.39, 0.29) is 12.6 Å². The molecule has 0 aromatic heterocycles. The average molecular weight is 366 g/mol. The predicted octanol–water partition coefficient (Wildman–Crippen LogP) is 3.00. The zero-order chi connectivity index (χ0) is 15.6. The molecule has 0 bridgehead atoms. The van der Waals surface area contributed by atoms with Crippen LogP contribution in [0.4, 0.5) is 24.5 Å². The number of nitrogens with two attached hydrogens (primary N) is 1. The molecule has 116 valence electrons. The van der Waals surface area contributed by atoms with Gasteiger partial charge in [0.25, 0.3) is 0 Å². The van der Waals surface area contributed by atoms with Crippen LogP contribution in [-0.4, -0.2) is 36.1 Å². The van der Waals surface area contributed by atoms with Gasteiger partial charge in [-0.05, 0) is 47.0 Å². The Kier molecular flexibility index (Phi) is 4.77. The fraction of sp³-hybridized carbons (Fsp3) is 0.462. The van der Waals surface area contributed by atoms with Crippen LogP contribution in [0.15, 0.2) is 22.7 Å². The molecule has 8 heteroatoms. The van der Waals surface area contributed by atoms with E-state index in [1.807, 2.05) is 0 Å². The minimum Gasteiger partial charge on any atom is -0.399 e. The van der Waals surface area contributed by atoms with Gasteiger partial charge in [-0.25, -0.2) is 0 Å². The van der Waals surface area contributed by atoms with Crippen LogP contribution in [0.25, 0.3) is 0 Å². The number of carbonyl (C=O) groups is 1. The lowest BCUT2D eigenvalue weighted by Crippen LogP contribution is -2.41. The third kappa shape index (κ3) is 5.20. The maximum Gasteiger partial charge on any atom is 0.401 e. The van der Waals surface area contributed by atoms with Gasteiger partial charge in [-0.1, -0.05) is 0 Å². The van der Waals surface area contributed by atoms with Crippen molar-refractivity contribution in [2.45, 2.75) is 25.1 Å². The number of hydrogen-bond acceptors (Lipinski definition) is 3. The van der Waals surface area contributed by atoms with E-state index in [1.165, 1.54) is 4.90 Å². The van der Waals surface area contributed by atoms with Crippen molar-refractivity contribution in [3.05, 3.63) is 22.7 Å². The summed E-state index contributed by atoms with van der Waals surface area (Å²) in [5, 5.41) is 2.59. The summed E-state index contributed by atoms with van der Waals surface area (Å²) in [4.78, 5) is 13.1. The lowest BCUT2D eigenvalue weighted by molar-refractivity contribution is -0.149. The number of halogens is 4. The second-order valence-electron chi connectivity index (χ2n) is 5.04. The first-order chi connectivity index (χ1) is 9.74. The lowest BCUT2D eigenvalue weighted by atomic mass is 10.3. The van der Waals surface area contributed by atoms with Gasteiger partial charge in [-0.15, -0.1) is 0 Å². The highest BCUT2D eigenvalue weighted by Crippen LogP contribution is 2.30. The van der Waals surface area contributed by atoms with Crippen LogP contribution in [0.3, 0.4) is 0 Å². The summed E-state index contributed by atoms with van der Waals surface area (Å²) in [6, 6.07) is 4.67. The molecular formula is C13H15BrF3N3O. The first kappa shape index (κ1) is 16.1. The van der Waals surface area contributed by atoms with E-state index in [9.17, 15) is 18.0 Å². The van der Waals surface area contributed by atoms with Gasteiger partial charge in [-0.2, -0.15) is 13.2 Å². The fourth-order valence-electron chi connectivity index (χ4n) is 1.99. The third-order valence-electron chi connectivity index (χ3n) is 3.06. The number of anilines is 2. The van der Waals surface area contributed by atoms with Gasteiger partial charge >= 0.3 is 6.18 Å². The minimum atomic E-state index is -4.30. The molecule has 3 N–H and O–H groups in total. The maximum absolute atomic E-state index is 12.5. The average Bonchev–Trinajstić information content (AvgIpc) is 3.14. The Labute approximate surface area is 128 Å². The number of rotatable bonds is 5. The summed E-state index contributed by atoms with van der Waals surface area (Å²) >= 11 is 3.24. The van der Waals surface area contributed by atoms with Gasteiger partial charge < -0.3 is 11.1 Å². The van der Waals surface area contributed by atoms with E-state index in [0.29, 0.717) is 28.7 Å². The van der Waals surface area contributed by atoms with Crippen molar-refractivity contribution < 1.29 is 18.0 Å². The summed E-state index contributed by atoms with van der Waals surface area (Å²) in [5.41, 5.74) is 6.59. The summed E-state index contributed by atoms with van der Waals surface area (Å²) in [6.45, 7) is -1.34. The molecule has 1 fully saturated rings.